The van der Waals surface area contributed by atoms with E-state index in [9.17, 15) is 0 Å². The molecule has 0 N–H and O–H groups in total. The number of nitrogens with zero attached hydrogens (tertiary/aromatic N) is 1. The molecule has 2 rings (SSSR count). The van der Waals surface area contributed by atoms with Crippen LogP contribution in [0.15, 0.2) is 30.3 Å². The topological polar surface area (TPSA) is 3.24 Å². The van der Waals surface area contributed by atoms with Gasteiger partial charge in [-0.25, -0.2) is 0 Å². The minimum absolute atomic E-state index is 0. The molecule has 1 aromatic rings. The lowest BCUT2D eigenvalue weighted by Crippen LogP contribution is -3.00. The van der Waals surface area contributed by atoms with Gasteiger partial charge in [-0.3, -0.25) is 0 Å². The molecular weight excluding hydrogens is 218 g/mol. The van der Waals surface area contributed by atoms with Gasteiger partial charge in [0, 0.05) is 12.0 Å². The molecule has 1 aromatic carbocycles. The normalized spacial score (nSPS) is 18.4. The van der Waals surface area contributed by atoms with Gasteiger partial charge in [-0.2, -0.15) is 0 Å². The average molecular weight is 239 g/mol. The molecule has 2 heteroatoms. The van der Waals surface area contributed by atoms with Crippen molar-refractivity contribution in [1.29, 1.82) is 0 Å². The maximum absolute atomic E-state index is 2.33. The molecule has 0 bridgehead atoms. The van der Waals surface area contributed by atoms with Crippen LogP contribution in [0.5, 0.6) is 0 Å². The second-order valence-corrected chi connectivity index (χ2v) is 5.09. The summed E-state index contributed by atoms with van der Waals surface area (Å²) in [6.45, 7) is 1.19. The molecule has 1 fully saturated rings. The van der Waals surface area contributed by atoms with Crippen LogP contribution in [-0.2, 0) is 5.41 Å². The molecule has 0 unspecified atom stereocenters. The average Bonchev–Trinajstić information content (AvgIpc) is 2.68. The van der Waals surface area contributed by atoms with E-state index in [-0.39, 0.29) is 12.4 Å². The van der Waals surface area contributed by atoms with Crippen LogP contribution in [0, 0.1) is 0 Å². The van der Waals surface area contributed by atoms with Crippen molar-refractivity contribution in [3.05, 3.63) is 35.9 Å². The number of hydrogen-bond acceptors (Lipinski definition) is 1. The second-order valence-electron chi connectivity index (χ2n) is 5.09. The Morgan fingerprint density at radius 1 is 1.06 bits per heavy atom. The van der Waals surface area contributed by atoms with Gasteiger partial charge in [0.05, 0.1) is 0 Å². The first kappa shape index (κ1) is 13.5. The van der Waals surface area contributed by atoms with E-state index in [2.05, 4.69) is 49.3 Å². The zero-order valence-electron chi connectivity index (χ0n) is 10.2. The van der Waals surface area contributed by atoms with Crippen LogP contribution >= 0.6 is 0 Å². The third-order valence-corrected chi connectivity index (χ3v) is 3.57. The highest BCUT2D eigenvalue weighted by Crippen LogP contribution is 2.41. The van der Waals surface area contributed by atoms with E-state index < -0.39 is 0 Å². The fraction of sp³-hybridized carbons (Fsp3) is 0.571. The third-order valence-electron chi connectivity index (χ3n) is 3.57. The van der Waals surface area contributed by atoms with Crippen molar-refractivity contribution in [3.8, 4) is 0 Å². The minimum atomic E-state index is 0. The number of likely N-dealkylation sites (N-methyl/N-ethyl adjacent to an activating group) is 1. The van der Waals surface area contributed by atoms with Crippen LogP contribution in [0.4, 0.5) is 0 Å². The van der Waals surface area contributed by atoms with E-state index in [1.54, 1.807) is 0 Å². The van der Waals surface area contributed by atoms with Crippen LogP contribution < -0.4 is 12.4 Å². The molecule has 0 aromatic heterocycles. The van der Waals surface area contributed by atoms with Crippen molar-refractivity contribution in [2.24, 2.45) is 0 Å². The summed E-state index contributed by atoms with van der Waals surface area (Å²) in [5.74, 6) is 0. The number of hydrogen-bond donors (Lipinski definition) is 0. The molecule has 1 aliphatic rings. The zero-order chi connectivity index (χ0) is 10.7. The monoisotopic (exact) mass is 238 g/mol. The lowest BCUT2D eigenvalue weighted by atomic mass is 9.78. The third kappa shape index (κ3) is 2.78. The molecule has 90 valence electrons. The van der Waals surface area contributed by atoms with Crippen molar-refractivity contribution >= 4 is 0 Å². The fourth-order valence-corrected chi connectivity index (χ4v) is 2.99. The SMILES string of the molecule is CN(C)CC1(c2ccccc2)CCCC1.[Cl-]. The standard InChI is InChI=1S/C14H21N.ClH/c1-15(2)12-14(10-6-7-11-14)13-8-4-3-5-9-13;/h3-5,8-9H,6-7,10-12H2,1-2H3;1H/p-1. The Morgan fingerprint density at radius 2 is 1.62 bits per heavy atom. The number of halogens is 1. The van der Waals surface area contributed by atoms with Crippen molar-refractivity contribution in [2.75, 3.05) is 20.6 Å². The lowest BCUT2D eigenvalue weighted by molar-refractivity contribution is -0.00000339. The van der Waals surface area contributed by atoms with Crippen LogP contribution in [0.3, 0.4) is 0 Å². The summed E-state index contributed by atoms with van der Waals surface area (Å²) in [7, 11) is 4.37. The molecule has 1 aliphatic carbocycles. The van der Waals surface area contributed by atoms with Gasteiger partial charge in [-0.1, -0.05) is 43.2 Å². The maximum Gasteiger partial charge on any atom is 0.00800 e. The zero-order valence-corrected chi connectivity index (χ0v) is 11.0. The highest BCUT2D eigenvalue weighted by Gasteiger charge is 2.35. The quantitative estimate of drug-likeness (QED) is 0.720. The van der Waals surface area contributed by atoms with Gasteiger partial charge in [0.15, 0.2) is 0 Å². The largest absolute Gasteiger partial charge is 1.00 e. The van der Waals surface area contributed by atoms with Crippen LogP contribution in [-0.4, -0.2) is 25.5 Å². The van der Waals surface area contributed by atoms with E-state index in [4.69, 9.17) is 0 Å². The molecule has 0 saturated heterocycles. The van der Waals surface area contributed by atoms with Gasteiger partial charge in [-0.15, -0.1) is 0 Å². The summed E-state index contributed by atoms with van der Waals surface area (Å²) in [5, 5.41) is 0. The smallest absolute Gasteiger partial charge is 0.00800 e. The minimum Gasteiger partial charge on any atom is -1.00 e. The van der Waals surface area contributed by atoms with Gasteiger partial charge in [0.2, 0.25) is 0 Å². The first-order chi connectivity index (χ1) is 7.23. The van der Waals surface area contributed by atoms with Crippen molar-refractivity contribution in [3.63, 3.8) is 0 Å². The van der Waals surface area contributed by atoms with Crippen molar-refractivity contribution in [2.45, 2.75) is 31.1 Å². The summed E-state index contributed by atoms with van der Waals surface area (Å²) in [4.78, 5) is 2.33. The Hall–Kier alpha value is -0.530. The van der Waals surface area contributed by atoms with Crippen LogP contribution in [0.25, 0.3) is 0 Å². The number of benzene rings is 1. The van der Waals surface area contributed by atoms with E-state index in [0.29, 0.717) is 5.41 Å². The molecule has 1 nitrogen and oxygen atoms in total. The van der Waals surface area contributed by atoms with E-state index in [1.165, 1.54) is 37.8 Å². The van der Waals surface area contributed by atoms with Crippen LogP contribution in [0.1, 0.15) is 31.2 Å². The highest BCUT2D eigenvalue weighted by molar-refractivity contribution is 5.27. The van der Waals surface area contributed by atoms with Crippen molar-refractivity contribution < 1.29 is 12.4 Å². The molecule has 0 atom stereocenters. The molecule has 0 heterocycles. The Morgan fingerprint density at radius 3 is 2.12 bits per heavy atom. The molecule has 0 spiro atoms. The lowest BCUT2D eigenvalue weighted by Gasteiger charge is -2.32. The first-order valence-corrected chi connectivity index (χ1v) is 5.93. The highest BCUT2D eigenvalue weighted by atomic mass is 35.5. The molecule has 0 aliphatic heterocycles. The molecule has 0 amide bonds. The Balaban J connectivity index is 0.00000128. The Kier molecular flexibility index (Phi) is 4.82. The maximum atomic E-state index is 2.33. The summed E-state index contributed by atoms with van der Waals surface area (Å²) in [5.41, 5.74) is 1.97. The second kappa shape index (κ2) is 5.70. The summed E-state index contributed by atoms with van der Waals surface area (Å²) in [6.07, 6.45) is 5.50. The van der Waals surface area contributed by atoms with Gasteiger partial charge >= 0.3 is 0 Å². The van der Waals surface area contributed by atoms with E-state index in [0.717, 1.165) is 0 Å². The molecule has 1 saturated carbocycles. The Labute approximate surface area is 105 Å². The van der Waals surface area contributed by atoms with E-state index in [1.807, 2.05) is 0 Å². The first-order valence-electron chi connectivity index (χ1n) is 5.93. The van der Waals surface area contributed by atoms with Gasteiger partial charge < -0.3 is 17.3 Å². The Bertz CT molecular complexity index is 302. The summed E-state index contributed by atoms with van der Waals surface area (Å²) < 4.78 is 0. The van der Waals surface area contributed by atoms with E-state index >= 15 is 0 Å². The van der Waals surface area contributed by atoms with Crippen LogP contribution in [0.2, 0.25) is 0 Å². The predicted molar refractivity (Wildman–Crippen MR) is 65.1 cm³/mol. The van der Waals surface area contributed by atoms with Gasteiger partial charge in [0.25, 0.3) is 0 Å². The summed E-state index contributed by atoms with van der Waals surface area (Å²) in [6, 6.07) is 11.1. The molecular formula is C14H21ClN-. The number of rotatable bonds is 3. The van der Waals surface area contributed by atoms with Gasteiger partial charge in [-0.05, 0) is 32.5 Å². The molecule has 16 heavy (non-hydrogen) atoms. The van der Waals surface area contributed by atoms with Crippen molar-refractivity contribution in [1.82, 2.24) is 4.90 Å². The summed E-state index contributed by atoms with van der Waals surface area (Å²) >= 11 is 0. The fourth-order valence-electron chi connectivity index (χ4n) is 2.99. The van der Waals surface area contributed by atoms with Gasteiger partial charge in [0.1, 0.15) is 0 Å². The molecule has 0 radical (unpaired) electrons. The predicted octanol–water partition coefficient (Wildman–Crippen LogP) is 0.0640.